The molecule has 0 radical (unpaired) electrons. The normalized spacial score (nSPS) is 22.8. The summed E-state index contributed by atoms with van der Waals surface area (Å²) >= 11 is 0. The second-order valence-corrected chi connectivity index (χ2v) is 5.18. The van der Waals surface area contributed by atoms with Gasteiger partial charge < -0.3 is 16.3 Å². The van der Waals surface area contributed by atoms with E-state index in [1.807, 2.05) is 6.92 Å². The number of hydrogen-bond donors (Lipinski definition) is 3. The molecule has 2 atom stereocenters. The average molecular weight is 279 g/mol. The van der Waals surface area contributed by atoms with Crippen molar-refractivity contribution in [3.63, 3.8) is 0 Å². The number of halogens is 1. The predicted octanol–water partition coefficient (Wildman–Crippen LogP) is 2.29. The number of hydrogen-bond acceptors (Lipinski definition) is 3. The molecule has 0 aliphatic heterocycles. The summed E-state index contributed by atoms with van der Waals surface area (Å²) in [4.78, 5) is 12.1. The molecule has 1 aliphatic rings. The van der Waals surface area contributed by atoms with Crippen LogP contribution < -0.4 is 11.1 Å². The van der Waals surface area contributed by atoms with E-state index < -0.39 is 5.82 Å². The highest BCUT2D eigenvalue weighted by Crippen LogP contribution is 2.32. The van der Waals surface area contributed by atoms with E-state index in [0.717, 1.165) is 25.3 Å². The number of carbonyl (C=O) groups excluding carboxylic acids is 1. The van der Waals surface area contributed by atoms with Crippen molar-refractivity contribution in [2.75, 3.05) is 5.32 Å². The Bertz CT molecular complexity index is 545. The number of amidine groups is 1. The number of carbonyl (C=O) groups is 1. The van der Waals surface area contributed by atoms with Gasteiger partial charge in [-0.25, -0.2) is 4.39 Å². The van der Waals surface area contributed by atoms with Crippen LogP contribution in [0.15, 0.2) is 23.4 Å². The molecule has 0 saturated heterocycles. The SMILES string of the molecule is CC1CCCC1C(=O)Nc1ccc(/C(N)=N/O)cc1F. The quantitative estimate of drug-likeness (QED) is 0.343. The molecule has 2 rings (SSSR count). The van der Waals surface area contributed by atoms with Gasteiger partial charge in [-0.05, 0) is 37.0 Å². The Kier molecular flexibility index (Phi) is 4.22. The fourth-order valence-electron chi connectivity index (χ4n) is 2.59. The van der Waals surface area contributed by atoms with Gasteiger partial charge in [0.15, 0.2) is 5.84 Å². The molecule has 6 heteroatoms. The second-order valence-electron chi connectivity index (χ2n) is 5.18. The van der Waals surface area contributed by atoms with Crippen LogP contribution in [0.25, 0.3) is 0 Å². The lowest BCUT2D eigenvalue weighted by Crippen LogP contribution is -2.25. The highest BCUT2D eigenvalue weighted by Gasteiger charge is 2.30. The van der Waals surface area contributed by atoms with Crippen molar-refractivity contribution in [3.05, 3.63) is 29.6 Å². The molecule has 1 fully saturated rings. The van der Waals surface area contributed by atoms with E-state index in [1.165, 1.54) is 12.1 Å². The maximum absolute atomic E-state index is 13.9. The van der Waals surface area contributed by atoms with Gasteiger partial charge in [-0.15, -0.1) is 0 Å². The summed E-state index contributed by atoms with van der Waals surface area (Å²) in [5.41, 5.74) is 5.75. The van der Waals surface area contributed by atoms with Gasteiger partial charge in [-0.1, -0.05) is 18.5 Å². The number of nitrogens with zero attached hydrogens (tertiary/aromatic N) is 1. The van der Waals surface area contributed by atoms with Crippen LogP contribution in [0.3, 0.4) is 0 Å². The molecule has 1 saturated carbocycles. The highest BCUT2D eigenvalue weighted by atomic mass is 19.1. The fourth-order valence-corrected chi connectivity index (χ4v) is 2.59. The first-order valence-corrected chi connectivity index (χ1v) is 6.61. The highest BCUT2D eigenvalue weighted by molar-refractivity contribution is 5.98. The first-order chi connectivity index (χ1) is 9.52. The Morgan fingerprint density at radius 2 is 2.25 bits per heavy atom. The molecule has 4 N–H and O–H groups in total. The molecule has 108 valence electrons. The Hall–Kier alpha value is -2.11. The molecular formula is C14H18FN3O2. The van der Waals surface area contributed by atoms with E-state index in [2.05, 4.69) is 10.5 Å². The summed E-state index contributed by atoms with van der Waals surface area (Å²) in [6, 6.07) is 4.04. The third-order valence-electron chi connectivity index (χ3n) is 3.83. The zero-order valence-corrected chi connectivity index (χ0v) is 11.3. The standard InChI is InChI=1S/C14H18FN3O2/c1-8-3-2-4-10(8)14(19)17-12-6-5-9(7-11(12)15)13(16)18-20/h5-8,10,20H,2-4H2,1H3,(H2,16,18)(H,17,19). The van der Waals surface area contributed by atoms with Crippen LogP contribution in [0.5, 0.6) is 0 Å². The molecule has 20 heavy (non-hydrogen) atoms. The van der Waals surface area contributed by atoms with Gasteiger partial charge in [0.05, 0.1) is 5.69 Å². The van der Waals surface area contributed by atoms with Crippen LogP contribution in [0.4, 0.5) is 10.1 Å². The maximum Gasteiger partial charge on any atom is 0.227 e. The van der Waals surface area contributed by atoms with Gasteiger partial charge in [-0.2, -0.15) is 0 Å². The monoisotopic (exact) mass is 279 g/mol. The number of rotatable bonds is 3. The summed E-state index contributed by atoms with van der Waals surface area (Å²) in [5, 5.41) is 14.0. The summed E-state index contributed by atoms with van der Waals surface area (Å²) in [7, 11) is 0. The number of nitrogens with one attached hydrogen (secondary N) is 1. The van der Waals surface area contributed by atoms with Crippen LogP contribution in [-0.4, -0.2) is 17.0 Å². The van der Waals surface area contributed by atoms with E-state index in [9.17, 15) is 9.18 Å². The molecule has 0 aromatic heterocycles. The lowest BCUT2D eigenvalue weighted by Gasteiger charge is -2.15. The third-order valence-corrected chi connectivity index (χ3v) is 3.83. The Morgan fingerprint density at radius 3 is 2.80 bits per heavy atom. The molecule has 1 aromatic carbocycles. The fraction of sp³-hybridized carbons (Fsp3) is 0.429. The van der Waals surface area contributed by atoms with Gasteiger partial charge in [0.1, 0.15) is 5.82 Å². The first-order valence-electron chi connectivity index (χ1n) is 6.61. The minimum atomic E-state index is -0.604. The average Bonchev–Trinajstić information content (AvgIpc) is 2.86. The van der Waals surface area contributed by atoms with E-state index in [1.54, 1.807) is 0 Å². The molecule has 2 unspecified atom stereocenters. The predicted molar refractivity (Wildman–Crippen MR) is 74.0 cm³/mol. The van der Waals surface area contributed by atoms with Crippen LogP contribution in [0.2, 0.25) is 0 Å². The first kappa shape index (κ1) is 14.3. The Morgan fingerprint density at radius 1 is 1.50 bits per heavy atom. The van der Waals surface area contributed by atoms with Gasteiger partial charge in [-0.3, -0.25) is 4.79 Å². The molecule has 0 heterocycles. The smallest absolute Gasteiger partial charge is 0.227 e. The third kappa shape index (κ3) is 2.89. The number of benzene rings is 1. The van der Waals surface area contributed by atoms with Gasteiger partial charge in [0, 0.05) is 11.5 Å². The van der Waals surface area contributed by atoms with E-state index in [-0.39, 0.29) is 28.9 Å². The topological polar surface area (TPSA) is 87.7 Å². The Balaban J connectivity index is 2.12. The van der Waals surface area contributed by atoms with E-state index in [4.69, 9.17) is 10.9 Å². The molecule has 1 aliphatic carbocycles. The lowest BCUT2D eigenvalue weighted by molar-refractivity contribution is -0.120. The summed E-state index contributed by atoms with van der Waals surface area (Å²) in [6.45, 7) is 2.04. The van der Waals surface area contributed by atoms with Gasteiger partial charge >= 0.3 is 0 Å². The van der Waals surface area contributed by atoms with Crippen molar-refractivity contribution in [1.82, 2.24) is 0 Å². The minimum absolute atomic E-state index is 0.0573. The van der Waals surface area contributed by atoms with Gasteiger partial charge in [0.25, 0.3) is 0 Å². The molecule has 1 amide bonds. The van der Waals surface area contributed by atoms with Crippen molar-refractivity contribution in [3.8, 4) is 0 Å². The van der Waals surface area contributed by atoms with Gasteiger partial charge in [0.2, 0.25) is 5.91 Å². The zero-order valence-electron chi connectivity index (χ0n) is 11.3. The van der Waals surface area contributed by atoms with E-state index >= 15 is 0 Å². The van der Waals surface area contributed by atoms with E-state index in [0.29, 0.717) is 5.92 Å². The van der Waals surface area contributed by atoms with Crippen molar-refractivity contribution < 1.29 is 14.4 Å². The van der Waals surface area contributed by atoms with Crippen LogP contribution in [-0.2, 0) is 4.79 Å². The minimum Gasteiger partial charge on any atom is -0.409 e. The van der Waals surface area contributed by atoms with Crippen LogP contribution in [0.1, 0.15) is 31.7 Å². The molecule has 0 spiro atoms. The van der Waals surface area contributed by atoms with Crippen LogP contribution >= 0.6 is 0 Å². The van der Waals surface area contributed by atoms with Crippen molar-refractivity contribution in [2.45, 2.75) is 26.2 Å². The van der Waals surface area contributed by atoms with Crippen molar-refractivity contribution in [2.24, 2.45) is 22.7 Å². The van der Waals surface area contributed by atoms with Crippen molar-refractivity contribution >= 4 is 17.4 Å². The number of anilines is 1. The maximum atomic E-state index is 13.9. The number of nitrogens with two attached hydrogens (primary N) is 1. The summed E-state index contributed by atoms with van der Waals surface area (Å²) in [6.07, 6.45) is 2.91. The number of oxime groups is 1. The molecule has 1 aromatic rings. The Labute approximate surface area is 116 Å². The zero-order chi connectivity index (χ0) is 14.7. The number of amides is 1. The van der Waals surface area contributed by atoms with Crippen molar-refractivity contribution in [1.29, 1.82) is 0 Å². The molecular weight excluding hydrogens is 261 g/mol. The largest absolute Gasteiger partial charge is 0.409 e. The molecule has 5 nitrogen and oxygen atoms in total. The lowest BCUT2D eigenvalue weighted by atomic mass is 9.97. The summed E-state index contributed by atoms with van der Waals surface area (Å²) in [5.74, 6) is -0.655. The van der Waals surface area contributed by atoms with Crippen LogP contribution in [0, 0.1) is 17.7 Å². The second kappa shape index (κ2) is 5.90. The molecule has 0 bridgehead atoms. The summed E-state index contributed by atoms with van der Waals surface area (Å²) < 4.78 is 13.9.